The summed E-state index contributed by atoms with van der Waals surface area (Å²) in [6.07, 6.45) is 0. The van der Waals surface area contributed by atoms with Gasteiger partial charge in [-0.1, -0.05) is 45.0 Å². The molecule has 2 rings (SSSR count). The monoisotopic (exact) mass is 404 g/mol. The van der Waals surface area contributed by atoms with Crippen molar-refractivity contribution in [2.24, 2.45) is 5.41 Å². The number of ketones is 1. The van der Waals surface area contributed by atoms with E-state index in [0.717, 1.165) is 5.56 Å². The minimum atomic E-state index is -4.15. The lowest BCUT2D eigenvalue weighted by Gasteiger charge is -2.17. The number of hydrogen-bond acceptors (Lipinski definition) is 6. The van der Waals surface area contributed by atoms with Crippen LogP contribution in [0.15, 0.2) is 47.4 Å². The van der Waals surface area contributed by atoms with Gasteiger partial charge in [-0.25, -0.2) is 4.79 Å². The highest BCUT2D eigenvalue weighted by Crippen LogP contribution is 2.26. The highest BCUT2D eigenvalue weighted by molar-refractivity contribution is 7.87. The third-order valence-electron chi connectivity index (χ3n) is 4.09. The molecule has 7 heteroatoms. The van der Waals surface area contributed by atoms with Crippen LogP contribution in [0, 0.1) is 19.3 Å². The van der Waals surface area contributed by atoms with Gasteiger partial charge in [-0.3, -0.25) is 4.79 Å². The molecule has 0 aromatic heterocycles. The second kappa shape index (κ2) is 8.14. The minimum Gasteiger partial charge on any atom is -0.454 e. The molecule has 28 heavy (non-hydrogen) atoms. The van der Waals surface area contributed by atoms with E-state index < -0.39 is 28.1 Å². The summed E-state index contributed by atoms with van der Waals surface area (Å²) in [7, 11) is -4.15. The molecule has 0 radical (unpaired) electrons. The van der Waals surface area contributed by atoms with Gasteiger partial charge >= 0.3 is 16.1 Å². The summed E-state index contributed by atoms with van der Waals surface area (Å²) in [6.45, 7) is 8.19. The zero-order valence-electron chi connectivity index (χ0n) is 16.6. The fourth-order valence-electron chi connectivity index (χ4n) is 2.27. The van der Waals surface area contributed by atoms with E-state index in [2.05, 4.69) is 0 Å². The van der Waals surface area contributed by atoms with Crippen molar-refractivity contribution in [3.8, 4) is 5.75 Å². The van der Waals surface area contributed by atoms with Gasteiger partial charge in [0.05, 0.1) is 0 Å². The summed E-state index contributed by atoms with van der Waals surface area (Å²) in [5.41, 5.74) is 0.572. The van der Waals surface area contributed by atoms with E-state index in [1.165, 1.54) is 18.2 Å². The van der Waals surface area contributed by atoms with Crippen LogP contribution in [0.4, 0.5) is 0 Å². The molecule has 0 N–H and O–H groups in total. The zero-order chi connectivity index (χ0) is 21.1. The number of ether oxygens (including phenoxy) is 1. The lowest BCUT2D eigenvalue weighted by molar-refractivity contribution is -0.129. The average Bonchev–Trinajstić information content (AvgIpc) is 2.60. The van der Waals surface area contributed by atoms with Crippen LogP contribution in [0.2, 0.25) is 0 Å². The van der Waals surface area contributed by atoms with Crippen LogP contribution in [0.3, 0.4) is 0 Å². The molecule has 0 bridgehead atoms. The molecule has 2 aromatic carbocycles. The van der Waals surface area contributed by atoms with Crippen molar-refractivity contribution in [2.45, 2.75) is 39.5 Å². The summed E-state index contributed by atoms with van der Waals surface area (Å²) in [5.74, 6) is -1.23. The first-order chi connectivity index (χ1) is 12.9. The maximum atomic E-state index is 12.7. The van der Waals surface area contributed by atoms with E-state index in [-0.39, 0.29) is 22.0 Å². The smallest absolute Gasteiger partial charge is 0.342 e. The number of benzene rings is 2. The molecule has 6 nitrogen and oxygen atoms in total. The Morgan fingerprint density at radius 3 is 2.29 bits per heavy atom. The van der Waals surface area contributed by atoms with E-state index >= 15 is 0 Å². The van der Waals surface area contributed by atoms with Gasteiger partial charge in [0.1, 0.15) is 10.5 Å². The van der Waals surface area contributed by atoms with E-state index in [4.69, 9.17) is 8.92 Å². The van der Waals surface area contributed by atoms with Crippen LogP contribution in [-0.2, 0) is 19.6 Å². The number of hydrogen-bond donors (Lipinski definition) is 0. The fourth-order valence-corrected chi connectivity index (χ4v) is 3.54. The quantitative estimate of drug-likeness (QED) is 0.537. The summed E-state index contributed by atoms with van der Waals surface area (Å²) >= 11 is 0. The lowest BCUT2D eigenvalue weighted by atomic mass is 9.91. The standard InChI is InChI=1S/C21H24O6S/c1-14-10-11-15(2)18(12-14)28(24,25)27-17-9-7-6-8-16(17)20(23)26-13-19(22)21(3,4)5/h6-12H,13H2,1-5H3. The van der Waals surface area contributed by atoms with Crippen molar-refractivity contribution in [3.63, 3.8) is 0 Å². The molecule has 0 atom stereocenters. The van der Waals surface area contributed by atoms with Crippen molar-refractivity contribution >= 4 is 21.9 Å². The molecule has 0 saturated heterocycles. The van der Waals surface area contributed by atoms with Gasteiger partial charge in [0.2, 0.25) is 0 Å². The summed E-state index contributed by atoms with van der Waals surface area (Å²) < 4.78 is 35.7. The van der Waals surface area contributed by atoms with Crippen molar-refractivity contribution in [1.82, 2.24) is 0 Å². The van der Waals surface area contributed by atoms with Crippen LogP contribution >= 0.6 is 0 Å². The van der Waals surface area contributed by atoms with E-state index in [0.29, 0.717) is 5.56 Å². The zero-order valence-corrected chi connectivity index (χ0v) is 17.4. The van der Waals surface area contributed by atoms with Crippen molar-refractivity contribution in [3.05, 3.63) is 59.2 Å². The highest BCUT2D eigenvalue weighted by atomic mass is 32.2. The highest BCUT2D eigenvalue weighted by Gasteiger charge is 2.26. The Labute approximate surface area is 165 Å². The Kier molecular flexibility index (Phi) is 6.29. The number of carbonyl (C=O) groups is 2. The molecule has 0 fully saturated rings. The van der Waals surface area contributed by atoms with Crippen LogP contribution in [-0.4, -0.2) is 26.8 Å². The van der Waals surface area contributed by atoms with Crippen LogP contribution in [0.5, 0.6) is 5.75 Å². The van der Waals surface area contributed by atoms with E-state index in [9.17, 15) is 18.0 Å². The van der Waals surface area contributed by atoms with Gasteiger partial charge < -0.3 is 8.92 Å². The second-order valence-corrected chi connectivity index (χ2v) is 9.07. The minimum absolute atomic E-state index is 0.0265. The number of carbonyl (C=O) groups excluding carboxylic acids is 2. The van der Waals surface area contributed by atoms with Crippen molar-refractivity contribution < 1.29 is 26.9 Å². The Balaban J connectivity index is 2.28. The van der Waals surface area contributed by atoms with Gasteiger partial charge in [-0.15, -0.1) is 0 Å². The lowest BCUT2D eigenvalue weighted by Crippen LogP contribution is -2.26. The Bertz CT molecular complexity index is 1000. The molecular weight excluding hydrogens is 380 g/mol. The summed E-state index contributed by atoms with van der Waals surface area (Å²) in [4.78, 5) is 24.4. The van der Waals surface area contributed by atoms with Crippen molar-refractivity contribution in [1.29, 1.82) is 0 Å². The molecule has 0 aliphatic rings. The maximum absolute atomic E-state index is 12.7. The average molecular weight is 404 g/mol. The molecule has 0 saturated carbocycles. The molecule has 0 amide bonds. The third-order valence-corrected chi connectivity index (χ3v) is 5.47. The maximum Gasteiger partial charge on any atom is 0.342 e. The van der Waals surface area contributed by atoms with Crippen molar-refractivity contribution in [2.75, 3.05) is 6.61 Å². The topological polar surface area (TPSA) is 86.7 Å². The number of para-hydroxylation sites is 1. The number of Topliss-reactive ketones (excluding diaryl/α,β-unsaturated/α-hetero) is 1. The Hall–Kier alpha value is -2.67. The van der Waals surface area contributed by atoms with Gasteiger partial charge in [0, 0.05) is 5.41 Å². The van der Waals surface area contributed by atoms with Gasteiger partial charge in [0.15, 0.2) is 18.1 Å². The normalized spacial score (nSPS) is 11.8. The van der Waals surface area contributed by atoms with E-state index in [1.807, 2.05) is 0 Å². The molecule has 0 spiro atoms. The Morgan fingerprint density at radius 1 is 1.00 bits per heavy atom. The number of esters is 1. The van der Waals surface area contributed by atoms with Gasteiger partial charge in [-0.05, 0) is 43.2 Å². The summed E-state index contributed by atoms with van der Waals surface area (Å²) in [5, 5.41) is 0. The predicted octanol–water partition coefficient (Wildman–Crippen LogP) is 3.84. The third kappa shape index (κ3) is 5.19. The molecule has 0 unspecified atom stereocenters. The second-order valence-electron chi connectivity index (χ2n) is 7.55. The molecular formula is C21H24O6S. The first-order valence-electron chi connectivity index (χ1n) is 8.73. The van der Waals surface area contributed by atoms with Crippen LogP contribution in [0.1, 0.15) is 42.3 Å². The number of aryl methyl sites for hydroxylation is 2. The molecule has 2 aromatic rings. The fraction of sp³-hybridized carbons (Fsp3) is 0.333. The SMILES string of the molecule is Cc1ccc(C)c(S(=O)(=O)Oc2ccccc2C(=O)OCC(=O)C(C)(C)C)c1. The molecule has 150 valence electrons. The van der Waals surface area contributed by atoms with Crippen LogP contribution in [0.25, 0.3) is 0 Å². The Morgan fingerprint density at radius 2 is 1.64 bits per heavy atom. The van der Waals surface area contributed by atoms with Gasteiger partial charge in [0.25, 0.3) is 0 Å². The van der Waals surface area contributed by atoms with Gasteiger partial charge in [-0.2, -0.15) is 8.42 Å². The molecule has 0 heterocycles. The summed E-state index contributed by atoms with van der Waals surface area (Å²) in [6, 6.07) is 10.8. The molecule has 0 aliphatic carbocycles. The first kappa shape index (κ1) is 21.6. The largest absolute Gasteiger partial charge is 0.454 e. The first-order valence-corrected chi connectivity index (χ1v) is 10.1. The predicted molar refractivity (Wildman–Crippen MR) is 105 cm³/mol. The van der Waals surface area contributed by atoms with Crippen LogP contribution < -0.4 is 4.18 Å². The van der Waals surface area contributed by atoms with E-state index in [1.54, 1.807) is 58.9 Å². The molecule has 0 aliphatic heterocycles. The number of rotatable bonds is 6.